The first-order valence-electron chi connectivity index (χ1n) is 5.28. The number of carbonyl (C=O) groups is 1. The maximum atomic E-state index is 11.2. The van der Waals surface area contributed by atoms with E-state index in [1.54, 1.807) is 11.8 Å². The zero-order chi connectivity index (χ0) is 10.9. The minimum Gasteiger partial charge on any atom is -0.480 e. The fraction of sp³-hybridized carbons (Fsp3) is 0.909. The van der Waals surface area contributed by atoms with E-state index in [-0.39, 0.29) is 0 Å². The summed E-state index contributed by atoms with van der Waals surface area (Å²) in [6, 6.07) is 0. The van der Waals surface area contributed by atoms with Gasteiger partial charge in [-0.05, 0) is 24.7 Å². The maximum Gasteiger partial charge on any atom is 0.319 e. The summed E-state index contributed by atoms with van der Waals surface area (Å²) in [4.78, 5) is 11.2. The molecule has 0 aliphatic heterocycles. The lowest BCUT2D eigenvalue weighted by molar-refractivity contribution is -0.144. The fourth-order valence-corrected chi connectivity index (χ4v) is 3.65. The Balaban J connectivity index is 2.58. The second kappa shape index (κ2) is 4.13. The van der Waals surface area contributed by atoms with Crippen molar-refractivity contribution in [2.24, 2.45) is 11.8 Å². The van der Waals surface area contributed by atoms with Crippen LogP contribution in [0.3, 0.4) is 0 Å². The first-order chi connectivity index (χ1) is 6.37. The highest BCUT2D eigenvalue weighted by atomic mass is 32.2. The predicted octanol–water partition coefficient (Wildman–Crippen LogP) is 3.02. The standard InChI is InChI=1S/C11H20O2S/c1-7(2)9-5-11(6-9,10(12)13)14-8(3)4/h7-9H,5-6H2,1-4H3,(H,12,13). The van der Waals surface area contributed by atoms with Crippen molar-refractivity contribution in [2.45, 2.75) is 50.5 Å². The quantitative estimate of drug-likeness (QED) is 0.785. The summed E-state index contributed by atoms with van der Waals surface area (Å²) in [5.41, 5.74) is 0. The largest absolute Gasteiger partial charge is 0.480 e. The minimum atomic E-state index is -0.617. The van der Waals surface area contributed by atoms with Gasteiger partial charge >= 0.3 is 5.97 Å². The third-order valence-electron chi connectivity index (χ3n) is 2.98. The molecule has 0 aromatic heterocycles. The van der Waals surface area contributed by atoms with Crippen molar-refractivity contribution in [3.63, 3.8) is 0 Å². The molecule has 2 nitrogen and oxygen atoms in total. The Bertz CT molecular complexity index is 217. The molecule has 1 fully saturated rings. The smallest absolute Gasteiger partial charge is 0.319 e. The third-order valence-corrected chi connectivity index (χ3v) is 4.41. The van der Waals surface area contributed by atoms with Crippen LogP contribution in [0.15, 0.2) is 0 Å². The summed E-state index contributed by atoms with van der Waals surface area (Å²) < 4.78 is -0.469. The molecular formula is C11H20O2S. The van der Waals surface area contributed by atoms with Gasteiger partial charge in [0.25, 0.3) is 0 Å². The van der Waals surface area contributed by atoms with Crippen molar-refractivity contribution >= 4 is 17.7 Å². The zero-order valence-corrected chi connectivity index (χ0v) is 10.2. The third kappa shape index (κ3) is 2.25. The summed E-state index contributed by atoms with van der Waals surface area (Å²) in [5, 5.41) is 9.61. The first-order valence-corrected chi connectivity index (χ1v) is 6.16. The molecular weight excluding hydrogens is 196 g/mol. The Morgan fingerprint density at radius 1 is 1.36 bits per heavy atom. The average molecular weight is 216 g/mol. The topological polar surface area (TPSA) is 37.3 Å². The van der Waals surface area contributed by atoms with Gasteiger partial charge in [-0.25, -0.2) is 0 Å². The highest BCUT2D eigenvalue weighted by Gasteiger charge is 2.51. The van der Waals surface area contributed by atoms with Crippen LogP contribution in [0.4, 0.5) is 0 Å². The molecule has 82 valence electrons. The van der Waals surface area contributed by atoms with Gasteiger partial charge in [0.1, 0.15) is 4.75 Å². The van der Waals surface area contributed by atoms with Crippen molar-refractivity contribution in [1.29, 1.82) is 0 Å². The lowest BCUT2D eigenvalue weighted by atomic mass is 9.69. The van der Waals surface area contributed by atoms with E-state index in [1.807, 2.05) is 0 Å². The van der Waals surface area contributed by atoms with Crippen LogP contribution < -0.4 is 0 Å². The van der Waals surface area contributed by atoms with Crippen LogP contribution in [0.1, 0.15) is 40.5 Å². The van der Waals surface area contributed by atoms with Gasteiger partial charge in [-0.2, -0.15) is 0 Å². The normalized spacial score (nSPS) is 32.0. The number of thioether (sulfide) groups is 1. The minimum absolute atomic E-state index is 0.402. The molecule has 0 spiro atoms. The Labute approximate surface area is 90.5 Å². The molecule has 0 radical (unpaired) electrons. The molecule has 1 aliphatic carbocycles. The van der Waals surface area contributed by atoms with Crippen molar-refractivity contribution in [3.8, 4) is 0 Å². The molecule has 0 amide bonds. The fourth-order valence-electron chi connectivity index (χ4n) is 2.03. The molecule has 14 heavy (non-hydrogen) atoms. The molecule has 0 aromatic rings. The molecule has 0 aromatic carbocycles. The zero-order valence-electron chi connectivity index (χ0n) is 9.41. The summed E-state index contributed by atoms with van der Waals surface area (Å²) in [7, 11) is 0. The SMILES string of the molecule is CC(C)SC1(C(=O)O)CC(C(C)C)C1. The Morgan fingerprint density at radius 2 is 1.86 bits per heavy atom. The second-order valence-electron chi connectivity index (χ2n) is 4.88. The molecule has 1 saturated carbocycles. The van der Waals surface area contributed by atoms with E-state index in [0.717, 1.165) is 12.8 Å². The van der Waals surface area contributed by atoms with Gasteiger partial charge in [-0.15, -0.1) is 11.8 Å². The van der Waals surface area contributed by atoms with Gasteiger partial charge in [0.05, 0.1) is 0 Å². The molecule has 1 aliphatic rings. The highest BCUT2D eigenvalue weighted by Crippen LogP contribution is 2.52. The van der Waals surface area contributed by atoms with E-state index in [2.05, 4.69) is 27.7 Å². The second-order valence-corrected chi connectivity index (χ2v) is 6.84. The van der Waals surface area contributed by atoms with Gasteiger partial charge < -0.3 is 5.11 Å². The van der Waals surface area contributed by atoms with Crippen LogP contribution in [0, 0.1) is 11.8 Å². The van der Waals surface area contributed by atoms with Crippen LogP contribution >= 0.6 is 11.8 Å². The molecule has 0 bridgehead atoms. The monoisotopic (exact) mass is 216 g/mol. The molecule has 0 heterocycles. The molecule has 3 heteroatoms. The number of rotatable bonds is 4. The summed E-state index contributed by atoms with van der Waals surface area (Å²) in [6.07, 6.45) is 1.70. The van der Waals surface area contributed by atoms with E-state index < -0.39 is 10.7 Å². The number of aliphatic carboxylic acids is 1. The van der Waals surface area contributed by atoms with E-state index in [4.69, 9.17) is 0 Å². The van der Waals surface area contributed by atoms with Crippen LogP contribution in [0.25, 0.3) is 0 Å². The van der Waals surface area contributed by atoms with E-state index in [0.29, 0.717) is 17.1 Å². The van der Waals surface area contributed by atoms with Gasteiger partial charge in [-0.1, -0.05) is 27.7 Å². The van der Waals surface area contributed by atoms with Crippen molar-refractivity contribution in [1.82, 2.24) is 0 Å². The molecule has 0 saturated heterocycles. The highest BCUT2D eigenvalue weighted by molar-refractivity contribution is 8.02. The lowest BCUT2D eigenvalue weighted by Crippen LogP contribution is -2.50. The first kappa shape index (κ1) is 11.9. The number of carboxylic acids is 1. The Kier molecular flexibility index (Phi) is 3.51. The lowest BCUT2D eigenvalue weighted by Gasteiger charge is -2.46. The molecule has 1 rings (SSSR count). The maximum absolute atomic E-state index is 11.2. The van der Waals surface area contributed by atoms with Crippen LogP contribution in [0.2, 0.25) is 0 Å². The van der Waals surface area contributed by atoms with Gasteiger partial charge in [0.2, 0.25) is 0 Å². The van der Waals surface area contributed by atoms with E-state index >= 15 is 0 Å². The number of hydrogen-bond acceptors (Lipinski definition) is 2. The average Bonchev–Trinajstić information content (AvgIpc) is 1.93. The van der Waals surface area contributed by atoms with Gasteiger partial charge in [-0.3, -0.25) is 4.79 Å². The Hall–Kier alpha value is -0.180. The van der Waals surface area contributed by atoms with Crippen molar-refractivity contribution in [2.75, 3.05) is 0 Å². The van der Waals surface area contributed by atoms with Crippen LogP contribution in [-0.2, 0) is 4.79 Å². The van der Waals surface area contributed by atoms with Crippen LogP contribution in [0.5, 0.6) is 0 Å². The Morgan fingerprint density at radius 3 is 2.14 bits per heavy atom. The van der Waals surface area contributed by atoms with E-state index in [1.165, 1.54) is 0 Å². The summed E-state index contributed by atoms with van der Waals surface area (Å²) in [5.74, 6) is 0.612. The predicted molar refractivity (Wildman–Crippen MR) is 60.7 cm³/mol. The molecule has 0 atom stereocenters. The van der Waals surface area contributed by atoms with Crippen molar-refractivity contribution in [3.05, 3.63) is 0 Å². The number of carboxylic acid groups (broad SMARTS) is 1. The van der Waals surface area contributed by atoms with Gasteiger partial charge in [0.15, 0.2) is 0 Å². The van der Waals surface area contributed by atoms with Gasteiger partial charge in [0, 0.05) is 5.25 Å². The van der Waals surface area contributed by atoms with E-state index in [9.17, 15) is 9.90 Å². The molecule has 1 N–H and O–H groups in total. The van der Waals surface area contributed by atoms with Crippen molar-refractivity contribution < 1.29 is 9.90 Å². The van der Waals surface area contributed by atoms with Crippen LogP contribution in [-0.4, -0.2) is 21.1 Å². The summed E-state index contributed by atoms with van der Waals surface area (Å²) >= 11 is 1.62. The molecule has 0 unspecified atom stereocenters. The number of hydrogen-bond donors (Lipinski definition) is 1. The summed E-state index contributed by atoms with van der Waals surface area (Å²) in [6.45, 7) is 8.49.